The van der Waals surface area contributed by atoms with E-state index in [2.05, 4.69) is 0 Å². The second-order valence-corrected chi connectivity index (χ2v) is 4.50. The van der Waals surface area contributed by atoms with Gasteiger partial charge in [-0.2, -0.15) is 0 Å². The number of carbonyl (C=O) groups excluding carboxylic acids is 1. The molecule has 0 saturated heterocycles. The van der Waals surface area contributed by atoms with E-state index >= 15 is 0 Å². The second-order valence-electron chi connectivity index (χ2n) is 4.50. The predicted molar refractivity (Wildman–Crippen MR) is 74.7 cm³/mol. The summed E-state index contributed by atoms with van der Waals surface area (Å²) in [6.45, 7) is 5.92. The van der Waals surface area contributed by atoms with E-state index in [0.29, 0.717) is 0 Å². The first kappa shape index (κ1) is 15.9. The molecule has 1 aromatic carbocycles. The molecular formula is C13H21ClN2O. The lowest BCUT2D eigenvalue weighted by Gasteiger charge is -2.23. The molecule has 4 heteroatoms. The van der Waals surface area contributed by atoms with E-state index in [-0.39, 0.29) is 24.2 Å². The summed E-state index contributed by atoms with van der Waals surface area (Å²) in [5.74, 6) is 0.110. The molecule has 0 aromatic heterocycles. The highest BCUT2D eigenvalue weighted by Crippen LogP contribution is 2.15. The average Bonchev–Trinajstić information content (AvgIpc) is 2.27. The van der Waals surface area contributed by atoms with Gasteiger partial charge in [-0.15, -0.1) is 12.4 Å². The summed E-state index contributed by atoms with van der Waals surface area (Å²) in [4.78, 5) is 13.6. The maximum absolute atomic E-state index is 12.0. The van der Waals surface area contributed by atoms with E-state index in [1.165, 1.54) is 5.56 Å². The number of hydrogen-bond acceptors (Lipinski definition) is 2. The van der Waals surface area contributed by atoms with Gasteiger partial charge in [-0.3, -0.25) is 4.79 Å². The van der Waals surface area contributed by atoms with Gasteiger partial charge in [0.15, 0.2) is 0 Å². The van der Waals surface area contributed by atoms with Crippen LogP contribution in [0, 0.1) is 12.8 Å². The van der Waals surface area contributed by atoms with Gasteiger partial charge >= 0.3 is 0 Å². The Balaban J connectivity index is 0.00000256. The molecule has 0 aliphatic rings. The number of anilines is 1. The third-order valence-corrected chi connectivity index (χ3v) is 2.76. The van der Waals surface area contributed by atoms with Gasteiger partial charge in [0.25, 0.3) is 0 Å². The maximum Gasteiger partial charge on any atom is 0.243 e. The van der Waals surface area contributed by atoms with Crippen molar-refractivity contribution in [2.24, 2.45) is 11.7 Å². The molecular weight excluding hydrogens is 236 g/mol. The van der Waals surface area contributed by atoms with Gasteiger partial charge in [0.05, 0.1) is 6.04 Å². The van der Waals surface area contributed by atoms with Crippen LogP contribution in [0.25, 0.3) is 0 Å². The van der Waals surface area contributed by atoms with Crippen LogP contribution in [0.3, 0.4) is 0 Å². The number of nitrogens with two attached hydrogens (primary N) is 1. The topological polar surface area (TPSA) is 46.3 Å². The summed E-state index contributed by atoms with van der Waals surface area (Å²) in [6, 6.07) is 7.40. The molecule has 1 atom stereocenters. The molecule has 96 valence electrons. The van der Waals surface area contributed by atoms with Gasteiger partial charge < -0.3 is 10.6 Å². The van der Waals surface area contributed by atoms with Crippen molar-refractivity contribution >= 4 is 24.0 Å². The van der Waals surface area contributed by atoms with Crippen molar-refractivity contribution in [3.05, 3.63) is 29.8 Å². The van der Waals surface area contributed by atoms with Crippen LogP contribution in [0.4, 0.5) is 5.69 Å². The van der Waals surface area contributed by atoms with Crippen LogP contribution in [-0.4, -0.2) is 19.0 Å². The van der Waals surface area contributed by atoms with Crippen molar-refractivity contribution in [3.63, 3.8) is 0 Å². The number of nitrogens with zero attached hydrogens (tertiary/aromatic N) is 1. The minimum atomic E-state index is -0.439. The van der Waals surface area contributed by atoms with E-state index < -0.39 is 6.04 Å². The van der Waals surface area contributed by atoms with Crippen molar-refractivity contribution in [1.29, 1.82) is 0 Å². The number of aryl methyl sites for hydroxylation is 1. The van der Waals surface area contributed by atoms with Crippen LogP contribution >= 0.6 is 12.4 Å². The van der Waals surface area contributed by atoms with Gasteiger partial charge in [-0.1, -0.05) is 31.5 Å². The molecule has 0 fully saturated rings. The largest absolute Gasteiger partial charge is 0.320 e. The third-order valence-electron chi connectivity index (χ3n) is 2.76. The molecule has 1 unspecified atom stereocenters. The normalized spacial score (nSPS) is 11.9. The highest BCUT2D eigenvalue weighted by atomic mass is 35.5. The SMILES string of the molecule is Cc1ccc(N(C)C(=O)C(N)C(C)C)cc1.Cl. The van der Waals surface area contributed by atoms with Crippen molar-refractivity contribution in [1.82, 2.24) is 0 Å². The fourth-order valence-corrected chi connectivity index (χ4v) is 1.40. The lowest BCUT2D eigenvalue weighted by molar-refractivity contribution is -0.120. The Kier molecular flexibility index (Phi) is 6.21. The molecule has 0 aliphatic heterocycles. The van der Waals surface area contributed by atoms with Crippen LogP contribution in [0.5, 0.6) is 0 Å². The third kappa shape index (κ3) is 4.02. The molecule has 17 heavy (non-hydrogen) atoms. The molecule has 2 N–H and O–H groups in total. The first-order valence-corrected chi connectivity index (χ1v) is 5.53. The van der Waals surface area contributed by atoms with E-state index in [1.54, 1.807) is 11.9 Å². The number of likely N-dealkylation sites (N-methyl/N-ethyl adjacent to an activating group) is 1. The van der Waals surface area contributed by atoms with Gasteiger partial charge in [-0.25, -0.2) is 0 Å². The van der Waals surface area contributed by atoms with Crippen LogP contribution < -0.4 is 10.6 Å². The van der Waals surface area contributed by atoms with Crippen LogP contribution in [0.15, 0.2) is 24.3 Å². The van der Waals surface area contributed by atoms with E-state index in [9.17, 15) is 4.79 Å². The smallest absolute Gasteiger partial charge is 0.243 e. The van der Waals surface area contributed by atoms with Gasteiger partial charge in [0.1, 0.15) is 0 Å². The maximum atomic E-state index is 12.0. The number of amides is 1. The fraction of sp³-hybridized carbons (Fsp3) is 0.462. The monoisotopic (exact) mass is 256 g/mol. The molecule has 3 nitrogen and oxygen atoms in total. The van der Waals surface area contributed by atoms with Crippen molar-refractivity contribution in [2.75, 3.05) is 11.9 Å². The van der Waals surface area contributed by atoms with Crippen molar-refractivity contribution in [2.45, 2.75) is 26.8 Å². The molecule has 0 radical (unpaired) electrons. The molecule has 1 amide bonds. The molecule has 0 saturated carbocycles. The van der Waals surface area contributed by atoms with E-state index in [0.717, 1.165) is 5.69 Å². The van der Waals surface area contributed by atoms with Crippen LogP contribution in [-0.2, 0) is 4.79 Å². The first-order chi connectivity index (χ1) is 7.43. The van der Waals surface area contributed by atoms with E-state index in [1.807, 2.05) is 45.0 Å². The Hall–Kier alpha value is -1.06. The summed E-state index contributed by atoms with van der Waals surface area (Å²) < 4.78 is 0. The minimum absolute atomic E-state index is 0. The molecule has 0 bridgehead atoms. The van der Waals surface area contributed by atoms with Gasteiger partial charge in [-0.05, 0) is 25.0 Å². The summed E-state index contributed by atoms with van der Waals surface area (Å²) in [7, 11) is 1.76. The second kappa shape index (κ2) is 6.62. The lowest BCUT2D eigenvalue weighted by Crippen LogP contribution is -2.45. The quantitative estimate of drug-likeness (QED) is 0.903. The average molecular weight is 257 g/mol. The van der Waals surface area contributed by atoms with Gasteiger partial charge in [0.2, 0.25) is 5.91 Å². The Morgan fingerprint density at radius 2 is 1.71 bits per heavy atom. The zero-order valence-electron chi connectivity index (χ0n) is 10.8. The number of rotatable bonds is 3. The Morgan fingerprint density at radius 1 is 1.24 bits per heavy atom. The fourth-order valence-electron chi connectivity index (χ4n) is 1.40. The Labute approximate surface area is 109 Å². The number of hydrogen-bond donors (Lipinski definition) is 1. The highest BCUT2D eigenvalue weighted by Gasteiger charge is 2.21. The first-order valence-electron chi connectivity index (χ1n) is 5.53. The lowest BCUT2D eigenvalue weighted by atomic mass is 10.0. The van der Waals surface area contributed by atoms with Crippen molar-refractivity contribution in [3.8, 4) is 0 Å². The Bertz CT molecular complexity index is 362. The molecule has 0 heterocycles. The zero-order chi connectivity index (χ0) is 12.3. The Morgan fingerprint density at radius 3 is 2.12 bits per heavy atom. The highest BCUT2D eigenvalue weighted by molar-refractivity contribution is 5.96. The molecule has 1 rings (SSSR count). The molecule has 0 spiro atoms. The summed E-state index contributed by atoms with van der Waals surface area (Å²) in [6.07, 6.45) is 0. The molecule has 1 aromatic rings. The predicted octanol–water partition coefficient (Wildman–Crippen LogP) is 2.36. The standard InChI is InChI=1S/C13H20N2O.ClH/c1-9(2)12(14)13(16)15(4)11-7-5-10(3)6-8-11;/h5-9,12H,14H2,1-4H3;1H. The zero-order valence-corrected chi connectivity index (χ0v) is 11.6. The van der Waals surface area contributed by atoms with E-state index in [4.69, 9.17) is 5.73 Å². The van der Waals surface area contributed by atoms with Crippen LogP contribution in [0.2, 0.25) is 0 Å². The summed E-state index contributed by atoms with van der Waals surface area (Å²) >= 11 is 0. The summed E-state index contributed by atoms with van der Waals surface area (Å²) in [5, 5.41) is 0. The number of halogens is 1. The number of benzene rings is 1. The minimum Gasteiger partial charge on any atom is -0.320 e. The van der Waals surface area contributed by atoms with Gasteiger partial charge in [0, 0.05) is 12.7 Å². The number of carbonyl (C=O) groups is 1. The van der Waals surface area contributed by atoms with Crippen molar-refractivity contribution < 1.29 is 4.79 Å². The van der Waals surface area contributed by atoms with Crippen LogP contribution in [0.1, 0.15) is 19.4 Å². The summed E-state index contributed by atoms with van der Waals surface area (Å²) in [5.41, 5.74) is 7.90. The molecule has 0 aliphatic carbocycles.